The molecular formula is C20H26N4O2. The van der Waals surface area contributed by atoms with Gasteiger partial charge >= 0.3 is 0 Å². The number of carbonyl (C=O) groups is 1. The van der Waals surface area contributed by atoms with E-state index in [9.17, 15) is 4.79 Å². The Kier molecular flexibility index (Phi) is 5.94. The summed E-state index contributed by atoms with van der Waals surface area (Å²) in [6.07, 6.45) is 3.02. The molecule has 1 amide bonds. The lowest BCUT2D eigenvalue weighted by atomic mass is 9.94. The molecule has 1 aliphatic rings. The molecule has 6 nitrogen and oxygen atoms in total. The molecule has 1 aromatic carbocycles. The van der Waals surface area contributed by atoms with E-state index in [-0.39, 0.29) is 17.9 Å². The van der Waals surface area contributed by atoms with Crippen molar-refractivity contribution in [3.63, 3.8) is 0 Å². The smallest absolute Gasteiger partial charge is 0.223 e. The van der Waals surface area contributed by atoms with Crippen molar-refractivity contribution in [3.05, 3.63) is 60.1 Å². The van der Waals surface area contributed by atoms with Crippen molar-refractivity contribution in [2.75, 3.05) is 27.2 Å². The number of furan rings is 1. The highest BCUT2D eigenvalue weighted by atomic mass is 16.3. The Labute approximate surface area is 154 Å². The Morgan fingerprint density at radius 2 is 2.04 bits per heavy atom. The van der Waals surface area contributed by atoms with Crippen molar-refractivity contribution in [3.8, 4) is 0 Å². The molecule has 0 radical (unpaired) electrons. The van der Waals surface area contributed by atoms with Crippen LogP contribution in [0, 0.1) is 5.92 Å². The maximum Gasteiger partial charge on any atom is 0.223 e. The van der Waals surface area contributed by atoms with Crippen LogP contribution in [0.25, 0.3) is 0 Å². The fourth-order valence-corrected chi connectivity index (χ4v) is 3.49. The van der Waals surface area contributed by atoms with E-state index in [1.165, 1.54) is 5.56 Å². The van der Waals surface area contributed by atoms with Crippen LogP contribution in [0.3, 0.4) is 0 Å². The predicted octanol–water partition coefficient (Wildman–Crippen LogP) is 2.21. The number of likely N-dealkylation sites (tertiary alicyclic amines) is 1. The minimum absolute atomic E-state index is 0.0948. The van der Waals surface area contributed by atoms with Gasteiger partial charge in [-0.05, 0) is 17.7 Å². The van der Waals surface area contributed by atoms with Gasteiger partial charge in [0.2, 0.25) is 5.91 Å². The fourth-order valence-electron chi connectivity index (χ4n) is 3.49. The SMILES string of the molecule is CN=C(NCCc1ccco1)NCC1CC(=O)N(C)C1c1ccccc1. The van der Waals surface area contributed by atoms with Gasteiger partial charge in [0.15, 0.2) is 5.96 Å². The summed E-state index contributed by atoms with van der Waals surface area (Å²) in [5.74, 6) is 2.08. The molecule has 2 N–H and O–H groups in total. The van der Waals surface area contributed by atoms with E-state index in [1.54, 1.807) is 13.3 Å². The molecular weight excluding hydrogens is 328 g/mol. The predicted molar refractivity (Wildman–Crippen MR) is 102 cm³/mol. The molecule has 2 heterocycles. The average molecular weight is 354 g/mol. The zero-order chi connectivity index (χ0) is 18.4. The van der Waals surface area contributed by atoms with Crippen molar-refractivity contribution in [1.29, 1.82) is 0 Å². The normalized spacial score (nSPS) is 20.5. The third-order valence-corrected chi connectivity index (χ3v) is 4.83. The van der Waals surface area contributed by atoms with E-state index in [2.05, 4.69) is 27.8 Å². The van der Waals surface area contributed by atoms with Gasteiger partial charge in [0.05, 0.1) is 12.3 Å². The molecule has 1 fully saturated rings. The van der Waals surface area contributed by atoms with Crippen LogP contribution in [0.1, 0.15) is 23.8 Å². The standard InChI is InChI=1S/C20H26N4O2/c1-21-20(22-11-10-17-9-6-12-26-17)23-14-16-13-18(25)24(2)19(16)15-7-4-3-5-8-15/h3-9,12,16,19H,10-11,13-14H2,1-2H3,(H2,21,22,23). The number of benzene rings is 1. The Morgan fingerprint density at radius 3 is 2.73 bits per heavy atom. The van der Waals surface area contributed by atoms with Crippen molar-refractivity contribution in [2.24, 2.45) is 10.9 Å². The molecule has 2 atom stereocenters. The molecule has 26 heavy (non-hydrogen) atoms. The van der Waals surface area contributed by atoms with Gasteiger partial charge in [0, 0.05) is 45.9 Å². The minimum Gasteiger partial charge on any atom is -0.469 e. The first-order valence-electron chi connectivity index (χ1n) is 8.96. The molecule has 0 aliphatic carbocycles. The fraction of sp³-hybridized carbons (Fsp3) is 0.400. The Hall–Kier alpha value is -2.76. The zero-order valence-electron chi connectivity index (χ0n) is 15.3. The van der Waals surface area contributed by atoms with Crippen LogP contribution in [0.5, 0.6) is 0 Å². The highest BCUT2D eigenvalue weighted by molar-refractivity contribution is 5.81. The van der Waals surface area contributed by atoms with Crippen LogP contribution >= 0.6 is 0 Å². The molecule has 0 bridgehead atoms. The minimum atomic E-state index is 0.0948. The Bertz CT molecular complexity index is 728. The molecule has 6 heteroatoms. The van der Waals surface area contributed by atoms with Crippen LogP contribution < -0.4 is 10.6 Å². The maximum atomic E-state index is 12.2. The lowest BCUT2D eigenvalue weighted by Gasteiger charge is -2.26. The van der Waals surface area contributed by atoms with Gasteiger partial charge in [-0.1, -0.05) is 30.3 Å². The van der Waals surface area contributed by atoms with E-state index < -0.39 is 0 Å². The van der Waals surface area contributed by atoms with Gasteiger partial charge in [-0.15, -0.1) is 0 Å². The molecule has 1 aliphatic heterocycles. The molecule has 0 spiro atoms. The van der Waals surface area contributed by atoms with Crippen molar-refractivity contribution in [2.45, 2.75) is 18.9 Å². The first-order valence-corrected chi connectivity index (χ1v) is 8.96. The van der Waals surface area contributed by atoms with Crippen LogP contribution in [0.15, 0.2) is 58.1 Å². The van der Waals surface area contributed by atoms with Crippen molar-refractivity contribution in [1.82, 2.24) is 15.5 Å². The molecule has 1 saturated heterocycles. The van der Waals surface area contributed by atoms with E-state index in [1.807, 2.05) is 42.3 Å². The third kappa shape index (κ3) is 4.25. The summed E-state index contributed by atoms with van der Waals surface area (Å²) in [7, 11) is 3.64. The first-order chi connectivity index (χ1) is 12.7. The third-order valence-electron chi connectivity index (χ3n) is 4.83. The zero-order valence-corrected chi connectivity index (χ0v) is 15.3. The maximum absolute atomic E-state index is 12.2. The second-order valence-electron chi connectivity index (χ2n) is 6.53. The van der Waals surface area contributed by atoms with E-state index in [4.69, 9.17) is 4.42 Å². The van der Waals surface area contributed by atoms with E-state index >= 15 is 0 Å². The monoisotopic (exact) mass is 354 g/mol. The number of nitrogens with zero attached hydrogens (tertiary/aromatic N) is 2. The van der Waals surface area contributed by atoms with Crippen LogP contribution in [0.4, 0.5) is 0 Å². The summed E-state index contributed by atoms with van der Waals surface area (Å²) in [5, 5.41) is 6.65. The molecule has 0 saturated carbocycles. The summed E-state index contributed by atoms with van der Waals surface area (Å²) in [6.45, 7) is 1.43. The number of nitrogens with one attached hydrogen (secondary N) is 2. The van der Waals surface area contributed by atoms with Crippen molar-refractivity contribution >= 4 is 11.9 Å². The number of hydrogen-bond donors (Lipinski definition) is 2. The van der Waals surface area contributed by atoms with E-state index in [0.717, 1.165) is 24.7 Å². The Balaban J connectivity index is 1.55. The Morgan fingerprint density at radius 1 is 1.23 bits per heavy atom. The molecule has 1 aromatic heterocycles. The summed E-state index contributed by atoms with van der Waals surface area (Å²) in [5.41, 5.74) is 1.17. The van der Waals surface area contributed by atoms with E-state index in [0.29, 0.717) is 13.0 Å². The summed E-state index contributed by atoms with van der Waals surface area (Å²) >= 11 is 0. The van der Waals surface area contributed by atoms with Gasteiger partial charge in [-0.25, -0.2) is 0 Å². The number of rotatable bonds is 6. The van der Waals surface area contributed by atoms with Crippen LogP contribution in [0.2, 0.25) is 0 Å². The highest BCUT2D eigenvalue weighted by Crippen LogP contribution is 2.36. The summed E-state index contributed by atoms with van der Waals surface area (Å²) in [4.78, 5) is 18.4. The lowest BCUT2D eigenvalue weighted by Crippen LogP contribution is -2.41. The van der Waals surface area contributed by atoms with Gasteiger partial charge in [0.1, 0.15) is 5.76 Å². The van der Waals surface area contributed by atoms with Gasteiger partial charge in [0.25, 0.3) is 0 Å². The second kappa shape index (κ2) is 8.56. The summed E-state index contributed by atoms with van der Waals surface area (Å²) in [6, 6.07) is 14.2. The molecule has 2 aromatic rings. The summed E-state index contributed by atoms with van der Waals surface area (Å²) < 4.78 is 5.33. The lowest BCUT2D eigenvalue weighted by molar-refractivity contribution is -0.127. The van der Waals surface area contributed by atoms with Crippen LogP contribution in [-0.2, 0) is 11.2 Å². The first kappa shape index (κ1) is 18.0. The van der Waals surface area contributed by atoms with Crippen LogP contribution in [-0.4, -0.2) is 44.0 Å². The second-order valence-corrected chi connectivity index (χ2v) is 6.53. The molecule has 138 valence electrons. The number of aliphatic imine (C=N–C) groups is 1. The number of hydrogen-bond acceptors (Lipinski definition) is 3. The number of carbonyl (C=O) groups excluding carboxylic acids is 1. The van der Waals surface area contributed by atoms with Gasteiger partial charge < -0.3 is 20.0 Å². The number of amides is 1. The quantitative estimate of drug-likeness (QED) is 0.616. The van der Waals surface area contributed by atoms with Gasteiger partial charge in [-0.2, -0.15) is 0 Å². The average Bonchev–Trinajstić information content (AvgIpc) is 3.27. The largest absolute Gasteiger partial charge is 0.469 e. The van der Waals surface area contributed by atoms with Gasteiger partial charge in [-0.3, -0.25) is 9.79 Å². The topological polar surface area (TPSA) is 69.9 Å². The molecule has 2 unspecified atom stereocenters. The number of guanidine groups is 1. The van der Waals surface area contributed by atoms with Crippen molar-refractivity contribution < 1.29 is 9.21 Å². The molecule has 3 rings (SSSR count). The highest BCUT2D eigenvalue weighted by Gasteiger charge is 2.38.